The Labute approximate surface area is 140 Å². The zero-order valence-electron chi connectivity index (χ0n) is 13.3. The van der Waals surface area contributed by atoms with E-state index < -0.39 is 17.8 Å². The number of carboxylic acids is 2. The molecular formula is C18H20NO5+. The van der Waals surface area contributed by atoms with Crippen LogP contribution in [0.1, 0.15) is 31.1 Å². The van der Waals surface area contributed by atoms with E-state index in [0.717, 1.165) is 6.07 Å². The zero-order valence-corrected chi connectivity index (χ0v) is 13.3. The summed E-state index contributed by atoms with van der Waals surface area (Å²) in [5, 5.41) is 18.3. The number of aromatic carboxylic acids is 2. The van der Waals surface area contributed by atoms with Gasteiger partial charge in [-0.2, -0.15) is 0 Å². The van der Waals surface area contributed by atoms with E-state index in [1.165, 1.54) is 12.1 Å². The van der Waals surface area contributed by atoms with Gasteiger partial charge < -0.3 is 10.2 Å². The molecule has 126 valence electrons. The van der Waals surface area contributed by atoms with E-state index in [-0.39, 0.29) is 40.8 Å². The van der Waals surface area contributed by atoms with Crippen LogP contribution in [0.15, 0.2) is 56.2 Å². The highest BCUT2D eigenvalue weighted by Crippen LogP contribution is 2.19. The fourth-order valence-corrected chi connectivity index (χ4v) is 2.49. The number of hydrogen-bond donors (Lipinski definition) is 2. The van der Waals surface area contributed by atoms with Crippen LogP contribution in [-0.2, 0) is 0 Å². The van der Waals surface area contributed by atoms with Crippen molar-refractivity contribution < 1.29 is 29.1 Å². The smallest absolute Gasteiger partial charge is 0.346 e. The molecule has 2 N–H and O–H groups in total. The van der Waals surface area contributed by atoms with Crippen molar-refractivity contribution in [1.82, 2.24) is 0 Å². The number of carbonyl (C=O) groups is 3. The van der Waals surface area contributed by atoms with E-state index in [1.54, 1.807) is 18.2 Å². The summed E-state index contributed by atoms with van der Waals surface area (Å²) in [4.78, 5) is 35.5. The van der Waals surface area contributed by atoms with Crippen molar-refractivity contribution in [3.05, 3.63) is 72.9 Å². The van der Waals surface area contributed by atoms with Crippen LogP contribution in [-0.4, -0.2) is 52.2 Å². The summed E-state index contributed by atoms with van der Waals surface area (Å²) < 4.78 is -0.126. The Bertz CT molecular complexity index is 647. The van der Waals surface area contributed by atoms with Crippen molar-refractivity contribution in [2.75, 3.05) is 19.6 Å². The summed E-state index contributed by atoms with van der Waals surface area (Å²) >= 11 is 0. The number of benzene rings is 1. The van der Waals surface area contributed by atoms with Gasteiger partial charge in [0.1, 0.15) is 19.6 Å². The third-order valence-electron chi connectivity index (χ3n) is 3.54. The third-order valence-corrected chi connectivity index (χ3v) is 3.54. The van der Waals surface area contributed by atoms with Gasteiger partial charge in [-0.05, 0) is 36.4 Å². The lowest BCUT2D eigenvalue weighted by Crippen LogP contribution is -2.53. The van der Waals surface area contributed by atoms with Crippen molar-refractivity contribution in [3.8, 4) is 0 Å². The fourth-order valence-electron chi connectivity index (χ4n) is 2.49. The average molecular weight is 330 g/mol. The Balaban J connectivity index is 3.53. The first kappa shape index (κ1) is 19.1. The molecule has 0 aliphatic heterocycles. The van der Waals surface area contributed by atoms with Crippen LogP contribution in [0, 0.1) is 0 Å². The number of carboxylic acid groups (broad SMARTS) is 2. The lowest BCUT2D eigenvalue weighted by Gasteiger charge is -2.33. The van der Waals surface area contributed by atoms with Crippen LogP contribution < -0.4 is 0 Å². The van der Waals surface area contributed by atoms with Crippen molar-refractivity contribution in [2.24, 2.45) is 0 Å². The molecule has 1 amide bonds. The molecule has 1 rings (SSSR count). The molecular weight excluding hydrogens is 310 g/mol. The van der Waals surface area contributed by atoms with Crippen LogP contribution in [0.3, 0.4) is 0 Å². The molecule has 1 aromatic carbocycles. The van der Waals surface area contributed by atoms with Crippen molar-refractivity contribution in [3.63, 3.8) is 0 Å². The van der Waals surface area contributed by atoms with Gasteiger partial charge >= 0.3 is 17.8 Å². The van der Waals surface area contributed by atoms with Gasteiger partial charge in [0.05, 0.1) is 16.7 Å². The first-order valence-corrected chi connectivity index (χ1v) is 7.16. The topological polar surface area (TPSA) is 91.7 Å². The van der Waals surface area contributed by atoms with Crippen LogP contribution in [0.2, 0.25) is 0 Å². The molecule has 0 saturated carbocycles. The summed E-state index contributed by atoms with van der Waals surface area (Å²) in [6, 6.07) is 3.38. The number of hydrogen-bond acceptors (Lipinski definition) is 3. The summed E-state index contributed by atoms with van der Waals surface area (Å²) in [5.41, 5.74) is -0.503. The number of quaternary nitrogens is 1. The molecule has 0 aliphatic carbocycles. The average Bonchev–Trinajstić information content (AvgIpc) is 2.54. The predicted molar refractivity (Wildman–Crippen MR) is 90.1 cm³/mol. The Morgan fingerprint density at radius 3 is 1.42 bits per heavy atom. The maximum Gasteiger partial charge on any atom is 0.346 e. The largest absolute Gasteiger partial charge is 0.478 e. The molecule has 1 aromatic rings. The van der Waals surface area contributed by atoms with E-state index in [9.17, 15) is 14.4 Å². The molecule has 0 aliphatic rings. The molecule has 0 atom stereocenters. The van der Waals surface area contributed by atoms with Gasteiger partial charge in [0.25, 0.3) is 0 Å². The standard InChI is InChI=1S/C18H19NO5/c1-4-7-19(8-5-2,9-6-3)16(20)13-10-14(17(21)22)12-15(11-13)18(23)24/h4-6,10-12H,1-3,7-9H2,(H-,21,22,23,24)/p+1. The van der Waals surface area contributed by atoms with Gasteiger partial charge in [-0.3, -0.25) is 0 Å². The second-order valence-electron chi connectivity index (χ2n) is 5.27. The highest BCUT2D eigenvalue weighted by Gasteiger charge is 2.35. The van der Waals surface area contributed by atoms with Crippen molar-refractivity contribution >= 4 is 17.8 Å². The number of rotatable bonds is 9. The molecule has 6 heteroatoms. The number of nitrogens with zero attached hydrogens (tertiary/aromatic N) is 1. The SMILES string of the molecule is C=CC[N+](CC=C)(CC=C)C(=O)c1cc(C(=O)O)cc(C(=O)O)c1. The molecule has 0 fully saturated rings. The number of carbonyl (C=O) groups excluding carboxylic acids is 1. The summed E-state index contributed by atoms with van der Waals surface area (Å²) in [6.45, 7) is 11.8. The van der Waals surface area contributed by atoms with E-state index >= 15 is 0 Å². The van der Waals surface area contributed by atoms with Gasteiger partial charge in [-0.25, -0.2) is 18.9 Å². The highest BCUT2D eigenvalue weighted by molar-refractivity contribution is 5.99. The minimum Gasteiger partial charge on any atom is -0.478 e. The normalized spacial score (nSPS) is 10.7. The van der Waals surface area contributed by atoms with Gasteiger partial charge in [0.2, 0.25) is 0 Å². The molecule has 24 heavy (non-hydrogen) atoms. The summed E-state index contributed by atoms with van der Waals surface area (Å²) in [7, 11) is 0. The molecule has 0 bridgehead atoms. The Morgan fingerprint density at radius 1 is 0.792 bits per heavy atom. The lowest BCUT2D eigenvalue weighted by molar-refractivity contribution is -0.830. The Hall–Kier alpha value is -2.99. The molecule has 0 unspecified atom stereocenters. The maximum atomic E-state index is 13.0. The number of amides is 1. The highest BCUT2D eigenvalue weighted by atomic mass is 16.4. The van der Waals surface area contributed by atoms with Gasteiger partial charge in [-0.1, -0.05) is 19.7 Å². The van der Waals surface area contributed by atoms with E-state index in [1.807, 2.05) is 0 Å². The van der Waals surface area contributed by atoms with Gasteiger partial charge in [0, 0.05) is 0 Å². The monoisotopic (exact) mass is 330 g/mol. The van der Waals surface area contributed by atoms with Gasteiger partial charge in [0.15, 0.2) is 0 Å². The maximum absolute atomic E-state index is 13.0. The Morgan fingerprint density at radius 2 is 1.12 bits per heavy atom. The van der Waals surface area contributed by atoms with Crippen LogP contribution in [0.25, 0.3) is 0 Å². The fraction of sp³-hybridized carbons (Fsp3) is 0.167. The van der Waals surface area contributed by atoms with E-state index in [2.05, 4.69) is 19.7 Å². The lowest BCUT2D eigenvalue weighted by atomic mass is 10.0. The molecule has 0 aromatic heterocycles. The first-order valence-electron chi connectivity index (χ1n) is 7.16. The summed E-state index contributed by atoms with van der Waals surface area (Å²) in [5.74, 6) is -3.02. The molecule has 0 heterocycles. The third kappa shape index (κ3) is 4.05. The van der Waals surface area contributed by atoms with Crippen LogP contribution in [0.5, 0.6) is 0 Å². The molecule has 0 saturated heterocycles. The van der Waals surface area contributed by atoms with Crippen molar-refractivity contribution in [1.29, 1.82) is 0 Å². The van der Waals surface area contributed by atoms with Gasteiger partial charge in [-0.15, -0.1) is 0 Å². The molecule has 0 radical (unpaired) electrons. The second kappa shape index (κ2) is 8.03. The second-order valence-corrected chi connectivity index (χ2v) is 5.27. The quantitative estimate of drug-likeness (QED) is 0.536. The van der Waals surface area contributed by atoms with Crippen LogP contribution >= 0.6 is 0 Å². The summed E-state index contributed by atoms with van der Waals surface area (Å²) in [6.07, 6.45) is 4.72. The minimum atomic E-state index is -1.30. The zero-order chi connectivity index (χ0) is 18.3. The van der Waals surface area contributed by atoms with E-state index in [0.29, 0.717) is 0 Å². The molecule has 6 nitrogen and oxygen atoms in total. The molecule has 0 spiro atoms. The predicted octanol–water partition coefficient (Wildman–Crippen LogP) is 2.60. The van der Waals surface area contributed by atoms with Crippen LogP contribution in [0.4, 0.5) is 0 Å². The first-order chi connectivity index (χ1) is 11.3. The minimum absolute atomic E-state index is 0.0119. The van der Waals surface area contributed by atoms with Crippen molar-refractivity contribution in [2.45, 2.75) is 0 Å². The van der Waals surface area contributed by atoms with E-state index in [4.69, 9.17) is 10.2 Å². The Kier molecular flexibility index (Phi) is 6.38.